The standard InChI is InChI=1S/C24H29N3O/c1-25-22-12-7-8-13-23(22)28-24(25)18-19-14-16-26(15-9-17-27(2,3)4)21-11-6-5-10-20(19)21/h5-8,10-14,16,18H,9,15,17H2,1-4H3/q+2. The van der Waals surface area contributed by atoms with Crippen molar-refractivity contribution in [3.63, 3.8) is 0 Å². The lowest BCUT2D eigenvalue weighted by molar-refractivity contribution is -0.873. The molecule has 1 aliphatic heterocycles. The van der Waals surface area contributed by atoms with E-state index >= 15 is 0 Å². The van der Waals surface area contributed by atoms with Gasteiger partial charge < -0.3 is 14.1 Å². The van der Waals surface area contributed by atoms with Gasteiger partial charge in [0.25, 0.3) is 0 Å². The molecule has 0 amide bonds. The molecule has 2 heterocycles. The molecule has 0 fully saturated rings. The number of fused-ring (bicyclic) bond motifs is 2. The molecule has 0 bridgehead atoms. The van der Waals surface area contributed by atoms with Gasteiger partial charge in [0, 0.05) is 25.3 Å². The number of para-hydroxylation sites is 3. The van der Waals surface area contributed by atoms with E-state index in [1.54, 1.807) is 0 Å². The highest BCUT2D eigenvalue weighted by Crippen LogP contribution is 2.38. The molecule has 1 aliphatic rings. The predicted molar refractivity (Wildman–Crippen MR) is 115 cm³/mol. The highest BCUT2D eigenvalue weighted by molar-refractivity contribution is 5.86. The van der Waals surface area contributed by atoms with Crippen LogP contribution in [0.1, 0.15) is 12.0 Å². The van der Waals surface area contributed by atoms with E-state index in [2.05, 4.69) is 79.3 Å². The fraction of sp³-hybridized carbons (Fsp3) is 0.292. The topological polar surface area (TPSA) is 16.4 Å². The van der Waals surface area contributed by atoms with Crippen LogP contribution in [0.2, 0.25) is 0 Å². The minimum absolute atomic E-state index is 0.856. The zero-order valence-electron chi connectivity index (χ0n) is 17.2. The molecule has 1 aromatic heterocycles. The van der Waals surface area contributed by atoms with Gasteiger partial charge in [-0.1, -0.05) is 24.3 Å². The maximum Gasteiger partial charge on any atom is 0.213 e. The van der Waals surface area contributed by atoms with Gasteiger partial charge in [-0.05, 0) is 23.8 Å². The summed E-state index contributed by atoms with van der Waals surface area (Å²) in [7, 11) is 8.78. The SMILES string of the molecule is CN1/C(=C\c2cc[n+](CCC[N+](C)(C)C)c3ccccc23)Oc2ccccc21. The summed E-state index contributed by atoms with van der Waals surface area (Å²) in [5.74, 6) is 1.76. The minimum Gasteiger partial charge on any atom is -0.439 e. The van der Waals surface area contributed by atoms with Crippen molar-refractivity contribution in [2.24, 2.45) is 0 Å². The number of anilines is 1. The summed E-state index contributed by atoms with van der Waals surface area (Å²) < 4.78 is 9.44. The monoisotopic (exact) mass is 375 g/mol. The molecule has 4 heteroatoms. The molecule has 0 unspecified atom stereocenters. The van der Waals surface area contributed by atoms with Crippen molar-refractivity contribution in [3.05, 3.63) is 72.2 Å². The van der Waals surface area contributed by atoms with Crippen LogP contribution in [0.25, 0.3) is 17.0 Å². The van der Waals surface area contributed by atoms with E-state index in [9.17, 15) is 0 Å². The molecule has 0 atom stereocenters. The molecule has 0 aliphatic carbocycles. The molecule has 28 heavy (non-hydrogen) atoms. The van der Waals surface area contributed by atoms with Gasteiger partial charge in [-0.25, -0.2) is 0 Å². The van der Waals surface area contributed by atoms with Gasteiger partial charge >= 0.3 is 0 Å². The molecule has 2 aromatic carbocycles. The van der Waals surface area contributed by atoms with Crippen molar-refractivity contribution < 1.29 is 13.8 Å². The summed E-state index contributed by atoms with van der Waals surface area (Å²) in [6.07, 6.45) is 5.49. The minimum atomic E-state index is 0.856. The summed E-state index contributed by atoms with van der Waals surface area (Å²) in [5, 5.41) is 1.25. The fourth-order valence-electron chi connectivity index (χ4n) is 3.72. The number of ether oxygens (including phenoxy) is 1. The fourth-order valence-corrected chi connectivity index (χ4v) is 3.72. The van der Waals surface area contributed by atoms with Gasteiger partial charge in [0.15, 0.2) is 18.5 Å². The largest absolute Gasteiger partial charge is 0.439 e. The summed E-state index contributed by atoms with van der Waals surface area (Å²) in [6.45, 7) is 2.18. The molecule has 3 aromatic rings. The second-order valence-corrected chi connectivity index (χ2v) is 8.46. The van der Waals surface area contributed by atoms with Gasteiger partial charge in [-0.15, -0.1) is 0 Å². The molecule has 0 saturated carbocycles. The molecule has 4 rings (SSSR count). The van der Waals surface area contributed by atoms with Gasteiger partial charge in [0.1, 0.15) is 0 Å². The summed E-state index contributed by atoms with van der Waals surface area (Å²) >= 11 is 0. The second kappa shape index (κ2) is 7.28. The summed E-state index contributed by atoms with van der Waals surface area (Å²) in [5.41, 5.74) is 3.54. The summed E-state index contributed by atoms with van der Waals surface area (Å²) in [6, 6.07) is 19.0. The Hall–Kier alpha value is -2.85. The predicted octanol–water partition coefficient (Wildman–Crippen LogP) is 4.05. The van der Waals surface area contributed by atoms with E-state index in [4.69, 9.17) is 4.74 Å². The van der Waals surface area contributed by atoms with Crippen LogP contribution < -0.4 is 14.2 Å². The average molecular weight is 376 g/mol. The zero-order valence-corrected chi connectivity index (χ0v) is 17.2. The number of quaternary nitrogens is 1. The van der Waals surface area contributed by atoms with Gasteiger partial charge in [0.05, 0.1) is 45.2 Å². The number of aromatic nitrogens is 1. The van der Waals surface area contributed by atoms with Crippen LogP contribution in [0.15, 0.2) is 66.7 Å². The Morgan fingerprint density at radius 2 is 1.75 bits per heavy atom. The Kier molecular flexibility index (Phi) is 4.82. The summed E-state index contributed by atoms with van der Waals surface area (Å²) in [4.78, 5) is 2.10. The highest BCUT2D eigenvalue weighted by atomic mass is 16.5. The quantitative estimate of drug-likeness (QED) is 0.494. The van der Waals surface area contributed by atoms with E-state index < -0.39 is 0 Å². The number of hydrogen-bond donors (Lipinski definition) is 0. The third kappa shape index (κ3) is 3.73. The zero-order chi connectivity index (χ0) is 19.7. The molecule has 0 radical (unpaired) electrons. The van der Waals surface area contributed by atoms with Crippen molar-refractivity contribution >= 4 is 22.7 Å². The number of hydrogen-bond acceptors (Lipinski definition) is 2. The maximum atomic E-state index is 6.08. The van der Waals surface area contributed by atoms with E-state index in [1.807, 2.05) is 25.2 Å². The third-order valence-electron chi connectivity index (χ3n) is 5.24. The number of pyridine rings is 1. The Morgan fingerprint density at radius 1 is 1.00 bits per heavy atom. The van der Waals surface area contributed by atoms with Gasteiger partial charge in [-0.3, -0.25) is 0 Å². The van der Waals surface area contributed by atoms with Crippen molar-refractivity contribution in [1.82, 2.24) is 0 Å². The van der Waals surface area contributed by atoms with Crippen LogP contribution in [0.5, 0.6) is 5.75 Å². The molecular formula is C24H29N3O+2. The van der Waals surface area contributed by atoms with Crippen LogP contribution in [0.3, 0.4) is 0 Å². The van der Waals surface area contributed by atoms with E-state index in [0.717, 1.165) is 41.3 Å². The number of rotatable bonds is 5. The van der Waals surface area contributed by atoms with Gasteiger partial charge in [-0.2, -0.15) is 4.57 Å². The van der Waals surface area contributed by atoms with Crippen LogP contribution in [0.4, 0.5) is 5.69 Å². The van der Waals surface area contributed by atoms with Crippen molar-refractivity contribution in [2.75, 3.05) is 39.6 Å². The van der Waals surface area contributed by atoms with Crippen LogP contribution in [-0.2, 0) is 6.54 Å². The Bertz CT molecular complexity index is 1030. The Labute approximate surface area is 167 Å². The first-order chi connectivity index (χ1) is 13.4. The van der Waals surface area contributed by atoms with Crippen molar-refractivity contribution in [3.8, 4) is 5.75 Å². The van der Waals surface area contributed by atoms with E-state index in [-0.39, 0.29) is 0 Å². The van der Waals surface area contributed by atoms with Crippen molar-refractivity contribution in [2.45, 2.75) is 13.0 Å². The number of benzene rings is 2. The lowest BCUT2D eigenvalue weighted by Gasteiger charge is -2.22. The van der Waals surface area contributed by atoms with Crippen LogP contribution in [-0.4, -0.2) is 39.2 Å². The smallest absolute Gasteiger partial charge is 0.213 e. The second-order valence-electron chi connectivity index (χ2n) is 8.46. The lowest BCUT2D eigenvalue weighted by Crippen LogP contribution is -2.40. The molecule has 144 valence electrons. The first kappa shape index (κ1) is 18.5. The number of aryl methyl sites for hydroxylation is 1. The molecule has 0 spiro atoms. The molecule has 4 nitrogen and oxygen atoms in total. The highest BCUT2D eigenvalue weighted by Gasteiger charge is 2.23. The normalized spacial score (nSPS) is 15.1. The van der Waals surface area contributed by atoms with Crippen LogP contribution in [0, 0.1) is 0 Å². The van der Waals surface area contributed by atoms with Crippen LogP contribution >= 0.6 is 0 Å². The molecule has 0 N–H and O–H groups in total. The molecule has 0 saturated heterocycles. The first-order valence-corrected chi connectivity index (χ1v) is 9.86. The van der Waals surface area contributed by atoms with E-state index in [1.165, 1.54) is 16.5 Å². The Morgan fingerprint density at radius 3 is 2.54 bits per heavy atom. The Balaban J connectivity index is 1.66. The third-order valence-corrected chi connectivity index (χ3v) is 5.24. The maximum absolute atomic E-state index is 6.08. The van der Waals surface area contributed by atoms with Crippen molar-refractivity contribution in [1.29, 1.82) is 0 Å². The van der Waals surface area contributed by atoms with Gasteiger partial charge in [0.2, 0.25) is 11.4 Å². The van der Waals surface area contributed by atoms with E-state index in [0.29, 0.717) is 0 Å². The molecular weight excluding hydrogens is 346 g/mol. The average Bonchev–Trinajstić information content (AvgIpc) is 2.98. The number of nitrogens with zero attached hydrogens (tertiary/aromatic N) is 3. The lowest BCUT2D eigenvalue weighted by atomic mass is 10.1. The first-order valence-electron chi connectivity index (χ1n) is 9.86.